The van der Waals surface area contributed by atoms with E-state index >= 15 is 0 Å². The van der Waals surface area contributed by atoms with E-state index in [0.717, 1.165) is 31.6 Å². The quantitative estimate of drug-likeness (QED) is 0.417. The lowest BCUT2D eigenvalue weighted by Gasteiger charge is -2.31. The molecule has 4 N–H and O–H groups in total. The number of nitrogens with two attached hydrogens (primary N) is 1. The van der Waals surface area contributed by atoms with Gasteiger partial charge in [0.25, 0.3) is 0 Å². The number of likely N-dealkylation sites (N-methyl/N-ethyl adjacent to an activating group) is 1. The fraction of sp³-hybridized carbons (Fsp3) is 0.556. The molecule has 3 heterocycles. The van der Waals surface area contributed by atoms with Gasteiger partial charge in [-0.3, -0.25) is 4.57 Å². The van der Waals surface area contributed by atoms with E-state index < -0.39 is 0 Å². The lowest BCUT2D eigenvalue weighted by atomic mass is 9.87. The van der Waals surface area contributed by atoms with Crippen LogP contribution >= 0.6 is 0 Å². The van der Waals surface area contributed by atoms with E-state index in [-0.39, 0.29) is 29.2 Å². The number of nitrogen functional groups attached to an aromatic ring is 1. The number of anilines is 2. The summed E-state index contributed by atoms with van der Waals surface area (Å²) in [6, 6.07) is 7.81. The summed E-state index contributed by atoms with van der Waals surface area (Å²) in [5.41, 5.74) is 9.20. The highest BCUT2D eigenvalue weighted by Crippen LogP contribution is 2.31. The molecule has 10 nitrogen and oxygen atoms in total. The van der Waals surface area contributed by atoms with E-state index in [1.165, 1.54) is 11.9 Å². The predicted molar refractivity (Wildman–Crippen MR) is 146 cm³/mol. The van der Waals surface area contributed by atoms with Crippen molar-refractivity contribution in [2.75, 3.05) is 37.7 Å². The molecule has 0 saturated carbocycles. The standard InChI is InChI=1S/C27H40N8O2/c1-26(2,3)18-7-9-19(10-8-18)33-25(36)29-14-27(4,5)15-34(6)13-20-11-12-21(37-20)35-17-32-22-23(28)30-16-31-24(22)35/h7-10,16-17,20-21H,11-15H2,1-6H3,(H2,28,30,31)(H2,29,33,36). The molecule has 200 valence electrons. The number of hydrogen-bond donors (Lipinski definition) is 3. The van der Waals surface area contributed by atoms with Gasteiger partial charge in [-0.2, -0.15) is 0 Å². The van der Waals surface area contributed by atoms with Crippen molar-refractivity contribution in [3.8, 4) is 0 Å². The van der Waals surface area contributed by atoms with Gasteiger partial charge >= 0.3 is 6.03 Å². The highest BCUT2D eigenvalue weighted by atomic mass is 16.5. The minimum atomic E-state index is -0.196. The monoisotopic (exact) mass is 508 g/mol. The summed E-state index contributed by atoms with van der Waals surface area (Å²) in [6.07, 6.45) is 5.00. The van der Waals surface area contributed by atoms with Crippen LogP contribution in [0.4, 0.5) is 16.3 Å². The Morgan fingerprint density at radius 1 is 1.14 bits per heavy atom. The molecular weight excluding hydrogens is 468 g/mol. The summed E-state index contributed by atoms with van der Waals surface area (Å²) in [6.45, 7) is 13.0. The van der Waals surface area contributed by atoms with Crippen LogP contribution in [0.15, 0.2) is 36.9 Å². The van der Waals surface area contributed by atoms with Crippen molar-refractivity contribution >= 4 is 28.7 Å². The van der Waals surface area contributed by atoms with Gasteiger partial charge in [-0.1, -0.05) is 46.8 Å². The van der Waals surface area contributed by atoms with E-state index in [1.54, 1.807) is 6.33 Å². The van der Waals surface area contributed by atoms with Gasteiger partial charge in [0.15, 0.2) is 11.5 Å². The first-order valence-corrected chi connectivity index (χ1v) is 12.8. The fourth-order valence-corrected chi connectivity index (χ4v) is 4.85. The Balaban J connectivity index is 1.23. The molecule has 2 aromatic heterocycles. The van der Waals surface area contributed by atoms with Crippen LogP contribution in [0.2, 0.25) is 0 Å². The molecule has 1 saturated heterocycles. The zero-order valence-electron chi connectivity index (χ0n) is 22.8. The second-order valence-electron chi connectivity index (χ2n) is 11.9. The molecule has 1 aliphatic rings. The number of amides is 2. The Labute approximate surface area is 219 Å². The lowest BCUT2D eigenvalue weighted by Crippen LogP contribution is -2.43. The van der Waals surface area contributed by atoms with Crippen LogP contribution in [0.3, 0.4) is 0 Å². The van der Waals surface area contributed by atoms with Crippen LogP contribution in [0.25, 0.3) is 11.2 Å². The number of fused-ring (bicyclic) bond motifs is 1. The van der Waals surface area contributed by atoms with Gasteiger partial charge in [0.1, 0.15) is 18.1 Å². The van der Waals surface area contributed by atoms with E-state index in [1.807, 2.05) is 16.7 Å². The number of imidazole rings is 1. The first kappa shape index (κ1) is 26.8. The summed E-state index contributed by atoms with van der Waals surface area (Å²) in [5.74, 6) is 0.376. The number of urea groups is 1. The van der Waals surface area contributed by atoms with Crippen molar-refractivity contribution in [1.29, 1.82) is 0 Å². The number of carbonyl (C=O) groups is 1. The second kappa shape index (κ2) is 10.6. The van der Waals surface area contributed by atoms with Crippen LogP contribution in [-0.2, 0) is 10.2 Å². The van der Waals surface area contributed by atoms with Crippen molar-refractivity contribution < 1.29 is 9.53 Å². The molecule has 0 radical (unpaired) electrons. The highest BCUT2D eigenvalue weighted by molar-refractivity contribution is 5.89. The molecule has 10 heteroatoms. The number of benzene rings is 1. The Morgan fingerprint density at radius 3 is 2.57 bits per heavy atom. The van der Waals surface area contributed by atoms with E-state index in [2.05, 4.69) is 84.3 Å². The van der Waals surface area contributed by atoms with Crippen molar-refractivity contribution in [3.63, 3.8) is 0 Å². The maximum absolute atomic E-state index is 12.5. The maximum Gasteiger partial charge on any atom is 0.319 e. The van der Waals surface area contributed by atoms with Gasteiger partial charge in [0.2, 0.25) is 0 Å². The number of ether oxygens (including phenoxy) is 1. The average molecular weight is 509 g/mol. The van der Waals surface area contributed by atoms with Crippen LogP contribution in [0.1, 0.15) is 59.3 Å². The summed E-state index contributed by atoms with van der Waals surface area (Å²) in [7, 11) is 2.09. The topological polar surface area (TPSA) is 123 Å². The third kappa shape index (κ3) is 6.75. The zero-order valence-corrected chi connectivity index (χ0v) is 22.8. The van der Waals surface area contributed by atoms with Gasteiger partial charge in [0, 0.05) is 25.3 Å². The molecule has 3 aromatic rings. The van der Waals surface area contributed by atoms with Crippen LogP contribution in [0, 0.1) is 5.41 Å². The summed E-state index contributed by atoms with van der Waals surface area (Å²) < 4.78 is 8.27. The van der Waals surface area contributed by atoms with Crippen LogP contribution < -0.4 is 16.4 Å². The Bertz CT molecular complexity index is 1220. The fourth-order valence-electron chi connectivity index (χ4n) is 4.85. The number of hydrogen-bond acceptors (Lipinski definition) is 7. The Hall–Kier alpha value is -3.24. The largest absolute Gasteiger partial charge is 0.382 e. The number of nitrogens with one attached hydrogen (secondary N) is 2. The summed E-state index contributed by atoms with van der Waals surface area (Å²) in [4.78, 5) is 27.5. The van der Waals surface area contributed by atoms with Gasteiger partial charge < -0.3 is 26.0 Å². The van der Waals surface area contributed by atoms with E-state index in [4.69, 9.17) is 10.5 Å². The lowest BCUT2D eigenvalue weighted by molar-refractivity contribution is -0.0118. The summed E-state index contributed by atoms with van der Waals surface area (Å²) >= 11 is 0. The molecule has 2 amide bonds. The molecule has 0 bridgehead atoms. The Morgan fingerprint density at radius 2 is 1.86 bits per heavy atom. The third-order valence-corrected chi connectivity index (χ3v) is 6.73. The van der Waals surface area contributed by atoms with Crippen molar-refractivity contribution in [2.45, 2.75) is 65.2 Å². The normalized spacial score (nSPS) is 18.5. The number of carbonyl (C=O) groups excluding carboxylic acids is 1. The maximum atomic E-state index is 12.5. The first-order valence-electron chi connectivity index (χ1n) is 12.8. The van der Waals surface area contributed by atoms with Crippen molar-refractivity contribution in [3.05, 3.63) is 42.5 Å². The van der Waals surface area contributed by atoms with Gasteiger partial charge in [-0.25, -0.2) is 19.7 Å². The van der Waals surface area contributed by atoms with Gasteiger partial charge in [-0.15, -0.1) is 0 Å². The minimum Gasteiger partial charge on any atom is -0.382 e. The molecule has 4 rings (SSSR count). The zero-order chi connectivity index (χ0) is 26.8. The Kier molecular flexibility index (Phi) is 7.70. The number of nitrogens with zero attached hydrogens (tertiary/aromatic N) is 5. The van der Waals surface area contributed by atoms with Crippen molar-refractivity contribution in [1.82, 2.24) is 29.7 Å². The van der Waals surface area contributed by atoms with E-state index in [0.29, 0.717) is 23.5 Å². The number of aromatic nitrogens is 4. The van der Waals surface area contributed by atoms with E-state index in [9.17, 15) is 4.79 Å². The third-order valence-electron chi connectivity index (χ3n) is 6.73. The highest BCUT2D eigenvalue weighted by Gasteiger charge is 2.30. The number of rotatable bonds is 8. The predicted octanol–water partition coefficient (Wildman–Crippen LogP) is 4.16. The average Bonchev–Trinajstić information content (AvgIpc) is 3.45. The molecule has 2 atom stereocenters. The van der Waals surface area contributed by atoms with Gasteiger partial charge in [0.05, 0.1) is 12.4 Å². The molecule has 1 aromatic carbocycles. The molecule has 1 aliphatic heterocycles. The van der Waals surface area contributed by atoms with Crippen molar-refractivity contribution in [2.24, 2.45) is 5.41 Å². The smallest absolute Gasteiger partial charge is 0.319 e. The summed E-state index contributed by atoms with van der Waals surface area (Å²) in [5, 5.41) is 5.95. The second-order valence-corrected chi connectivity index (χ2v) is 11.9. The molecule has 0 spiro atoms. The first-order chi connectivity index (χ1) is 17.4. The van der Waals surface area contributed by atoms with Crippen LogP contribution in [-0.4, -0.2) is 63.2 Å². The van der Waals surface area contributed by atoms with Gasteiger partial charge in [-0.05, 0) is 48.4 Å². The molecular formula is C27H40N8O2. The molecule has 0 aliphatic carbocycles. The molecule has 2 unspecified atom stereocenters. The molecule has 37 heavy (non-hydrogen) atoms. The van der Waals surface area contributed by atoms with Crippen LogP contribution in [0.5, 0.6) is 0 Å². The SMILES string of the molecule is CN(CC1CCC(n2cnc3c(N)ncnc32)O1)CC(C)(C)CNC(=O)Nc1ccc(C(C)(C)C)cc1. The minimum absolute atomic E-state index is 0.0820. The molecule has 1 fully saturated rings.